The Bertz CT molecular complexity index is 1100. The topological polar surface area (TPSA) is 63.7 Å². The first kappa shape index (κ1) is 18.3. The number of aromatic nitrogens is 3. The quantitative estimate of drug-likeness (QED) is 0.415. The highest BCUT2D eigenvalue weighted by Gasteiger charge is 2.17. The van der Waals surface area contributed by atoms with Gasteiger partial charge in [-0.05, 0) is 53.4 Å². The lowest BCUT2D eigenvalue weighted by Crippen LogP contribution is -1.99. The molecule has 138 valence electrons. The van der Waals surface area contributed by atoms with E-state index in [-0.39, 0.29) is 0 Å². The molecule has 2 aromatic carbocycles. The number of benzene rings is 2. The molecule has 0 atom stereocenters. The van der Waals surface area contributed by atoms with Crippen LogP contribution in [0.4, 0.5) is 0 Å². The summed E-state index contributed by atoms with van der Waals surface area (Å²) < 4.78 is 7.35. The van der Waals surface area contributed by atoms with Gasteiger partial charge in [-0.25, -0.2) is 0 Å². The Kier molecular flexibility index (Phi) is 5.42. The number of methoxy groups -OCH3 is 1. The Labute approximate surface area is 171 Å². The molecule has 0 aliphatic carbocycles. The van der Waals surface area contributed by atoms with Crippen molar-refractivity contribution in [3.05, 3.63) is 77.2 Å². The van der Waals surface area contributed by atoms with Crippen LogP contribution >= 0.6 is 23.1 Å². The average molecular weight is 405 g/mol. The summed E-state index contributed by atoms with van der Waals surface area (Å²) in [6.07, 6.45) is 0. The van der Waals surface area contributed by atoms with Gasteiger partial charge in [-0.3, -0.25) is 4.57 Å². The Balaban J connectivity index is 1.67. The van der Waals surface area contributed by atoms with Crippen LogP contribution in [0.15, 0.2) is 71.2 Å². The zero-order chi connectivity index (χ0) is 19.3. The van der Waals surface area contributed by atoms with Crippen LogP contribution in [0.2, 0.25) is 0 Å². The second-order valence-corrected chi connectivity index (χ2v) is 7.80. The van der Waals surface area contributed by atoms with Gasteiger partial charge in [0.1, 0.15) is 5.75 Å². The zero-order valence-corrected chi connectivity index (χ0v) is 16.7. The minimum atomic E-state index is 0.662. The summed E-state index contributed by atoms with van der Waals surface area (Å²) in [5.74, 6) is 2.37. The van der Waals surface area contributed by atoms with Crippen molar-refractivity contribution in [2.24, 2.45) is 0 Å². The summed E-state index contributed by atoms with van der Waals surface area (Å²) in [5, 5.41) is 20.7. The summed E-state index contributed by atoms with van der Waals surface area (Å²) in [7, 11) is 1.66. The number of thioether (sulfide) groups is 1. The highest BCUT2D eigenvalue weighted by Crippen LogP contribution is 2.32. The second-order valence-electron chi connectivity index (χ2n) is 5.91. The summed E-state index contributed by atoms with van der Waals surface area (Å²) in [6.45, 7) is 0. The van der Waals surface area contributed by atoms with Crippen LogP contribution < -0.4 is 4.74 Å². The number of nitriles is 1. The van der Waals surface area contributed by atoms with E-state index in [1.165, 1.54) is 0 Å². The van der Waals surface area contributed by atoms with Crippen molar-refractivity contribution in [1.29, 1.82) is 5.26 Å². The number of nitrogens with zero attached hydrogens (tertiary/aromatic N) is 4. The van der Waals surface area contributed by atoms with Gasteiger partial charge in [0.15, 0.2) is 11.0 Å². The minimum absolute atomic E-state index is 0.662. The lowest BCUT2D eigenvalue weighted by Gasteiger charge is -2.10. The number of ether oxygens (including phenoxy) is 1. The summed E-state index contributed by atoms with van der Waals surface area (Å²) >= 11 is 3.25. The molecular formula is C21H16N4OS2. The number of hydrogen-bond donors (Lipinski definition) is 0. The van der Waals surface area contributed by atoms with Crippen LogP contribution in [0.3, 0.4) is 0 Å². The van der Waals surface area contributed by atoms with Gasteiger partial charge in [-0.2, -0.15) is 5.26 Å². The molecule has 2 heterocycles. The third kappa shape index (κ3) is 3.79. The fraction of sp³-hybridized carbons (Fsp3) is 0.0952. The van der Waals surface area contributed by atoms with E-state index in [0.717, 1.165) is 38.6 Å². The van der Waals surface area contributed by atoms with Gasteiger partial charge in [-0.1, -0.05) is 30.0 Å². The maximum Gasteiger partial charge on any atom is 0.196 e. The number of thiophene rings is 1. The third-order valence-corrected chi connectivity index (χ3v) is 6.02. The van der Waals surface area contributed by atoms with E-state index in [9.17, 15) is 0 Å². The van der Waals surface area contributed by atoms with Gasteiger partial charge in [0.2, 0.25) is 0 Å². The van der Waals surface area contributed by atoms with Gasteiger partial charge < -0.3 is 4.74 Å². The maximum atomic E-state index is 8.94. The van der Waals surface area contributed by atoms with E-state index in [0.29, 0.717) is 5.56 Å². The lowest BCUT2D eigenvalue weighted by molar-refractivity contribution is 0.414. The summed E-state index contributed by atoms with van der Waals surface area (Å²) in [6, 6.07) is 21.7. The molecule has 5 nitrogen and oxygen atoms in total. The predicted molar refractivity (Wildman–Crippen MR) is 112 cm³/mol. The Morgan fingerprint density at radius 1 is 1.07 bits per heavy atom. The number of rotatable bonds is 6. The molecule has 0 fully saturated rings. The van der Waals surface area contributed by atoms with Crippen LogP contribution in [0.5, 0.6) is 5.75 Å². The molecule has 0 amide bonds. The molecule has 2 aromatic heterocycles. The van der Waals surface area contributed by atoms with Gasteiger partial charge in [0.25, 0.3) is 0 Å². The third-order valence-electron chi connectivity index (χ3n) is 4.16. The van der Waals surface area contributed by atoms with Crippen LogP contribution in [-0.2, 0) is 5.75 Å². The average Bonchev–Trinajstić information content (AvgIpc) is 3.42. The summed E-state index contributed by atoms with van der Waals surface area (Å²) in [5.41, 5.74) is 2.78. The molecule has 7 heteroatoms. The van der Waals surface area contributed by atoms with Crippen LogP contribution in [0, 0.1) is 11.3 Å². The zero-order valence-electron chi connectivity index (χ0n) is 15.1. The van der Waals surface area contributed by atoms with E-state index in [2.05, 4.69) is 20.8 Å². The molecule has 0 aliphatic heterocycles. The molecule has 0 saturated carbocycles. The monoisotopic (exact) mass is 404 g/mol. The van der Waals surface area contributed by atoms with Crippen LogP contribution in [-0.4, -0.2) is 21.9 Å². The summed E-state index contributed by atoms with van der Waals surface area (Å²) in [4.78, 5) is 1.06. The fourth-order valence-corrected chi connectivity index (χ4v) is 4.32. The van der Waals surface area contributed by atoms with Crippen molar-refractivity contribution in [3.8, 4) is 28.2 Å². The minimum Gasteiger partial charge on any atom is -0.497 e. The standard InChI is InChI=1S/C21H16N4OS2/c1-26-18-10-8-17(9-11-18)25-20(19-3-2-12-27-19)23-24-21(25)28-14-16-6-4-15(13-22)5-7-16/h2-12H,14H2,1H3. The van der Waals surface area contributed by atoms with E-state index in [1.807, 2.05) is 66.0 Å². The van der Waals surface area contributed by atoms with Crippen molar-refractivity contribution < 1.29 is 4.74 Å². The fourth-order valence-electron chi connectivity index (χ4n) is 2.72. The van der Waals surface area contributed by atoms with E-state index < -0.39 is 0 Å². The van der Waals surface area contributed by atoms with Crippen LogP contribution in [0.1, 0.15) is 11.1 Å². The predicted octanol–water partition coefficient (Wildman–Crippen LogP) is 5.17. The van der Waals surface area contributed by atoms with Gasteiger partial charge in [-0.15, -0.1) is 21.5 Å². The molecule has 4 aromatic rings. The normalized spacial score (nSPS) is 10.6. The van der Waals surface area contributed by atoms with Gasteiger partial charge >= 0.3 is 0 Å². The molecule has 0 aliphatic rings. The largest absolute Gasteiger partial charge is 0.497 e. The molecular weight excluding hydrogens is 388 g/mol. The SMILES string of the molecule is COc1ccc(-n2c(SCc3ccc(C#N)cc3)nnc2-c2cccs2)cc1. The Morgan fingerprint density at radius 2 is 1.86 bits per heavy atom. The molecule has 0 radical (unpaired) electrons. The molecule has 4 rings (SSSR count). The first-order chi connectivity index (χ1) is 13.8. The van der Waals surface area contributed by atoms with Crippen molar-refractivity contribution >= 4 is 23.1 Å². The molecule has 0 saturated heterocycles. The first-order valence-corrected chi connectivity index (χ1v) is 10.4. The first-order valence-electron chi connectivity index (χ1n) is 8.54. The Hall–Kier alpha value is -3.08. The Morgan fingerprint density at radius 3 is 2.50 bits per heavy atom. The smallest absolute Gasteiger partial charge is 0.196 e. The molecule has 28 heavy (non-hydrogen) atoms. The van der Waals surface area contributed by atoms with Gasteiger partial charge in [0, 0.05) is 5.75 Å². The molecule has 0 spiro atoms. The van der Waals surface area contributed by atoms with E-state index >= 15 is 0 Å². The van der Waals surface area contributed by atoms with Crippen LogP contribution in [0.25, 0.3) is 16.4 Å². The maximum absolute atomic E-state index is 8.94. The van der Waals surface area contributed by atoms with Crippen molar-refractivity contribution in [2.75, 3.05) is 7.11 Å². The van der Waals surface area contributed by atoms with E-state index in [1.54, 1.807) is 30.2 Å². The lowest BCUT2D eigenvalue weighted by atomic mass is 10.2. The molecule has 0 unspecified atom stereocenters. The van der Waals surface area contributed by atoms with Gasteiger partial charge in [0.05, 0.1) is 29.3 Å². The van der Waals surface area contributed by atoms with Crippen molar-refractivity contribution in [1.82, 2.24) is 14.8 Å². The van der Waals surface area contributed by atoms with E-state index in [4.69, 9.17) is 10.00 Å². The second kappa shape index (κ2) is 8.30. The molecule has 0 N–H and O–H groups in total. The van der Waals surface area contributed by atoms with Crippen molar-refractivity contribution in [2.45, 2.75) is 10.9 Å². The molecule has 0 bridgehead atoms. The highest BCUT2D eigenvalue weighted by molar-refractivity contribution is 7.98. The van der Waals surface area contributed by atoms with Crippen molar-refractivity contribution in [3.63, 3.8) is 0 Å². The highest BCUT2D eigenvalue weighted by atomic mass is 32.2. The number of hydrogen-bond acceptors (Lipinski definition) is 6.